The van der Waals surface area contributed by atoms with E-state index >= 15 is 0 Å². The molecule has 0 unspecified atom stereocenters. The lowest BCUT2D eigenvalue weighted by molar-refractivity contribution is -0.142. The van der Waals surface area contributed by atoms with Crippen molar-refractivity contribution in [2.45, 2.75) is 75.7 Å². The summed E-state index contributed by atoms with van der Waals surface area (Å²) in [6.07, 6.45) is 0.301. The molecule has 2 aromatic carbocycles. The molecule has 3 aromatic rings. The maximum Gasteiger partial charge on any atom is 0.326 e. The molecule has 3 rings (SSSR count). The molecule has 12 N–H and O–H groups in total. The molecule has 268 valence electrons. The third-order valence-electron chi connectivity index (χ3n) is 7.79. The van der Waals surface area contributed by atoms with Gasteiger partial charge in [-0.3, -0.25) is 28.8 Å². The van der Waals surface area contributed by atoms with Crippen LogP contribution >= 0.6 is 0 Å². The van der Waals surface area contributed by atoms with Crippen molar-refractivity contribution in [2.24, 2.45) is 11.5 Å². The fourth-order valence-electron chi connectivity index (χ4n) is 4.99. The zero-order chi connectivity index (χ0) is 37.0. The van der Waals surface area contributed by atoms with Gasteiger partial charge in [0, 0.05) is 42.8 Å². The van der Waals surface area contributed by atoms with Crippen LogP contribution in [0.5, 0.6) is 5.75 Å². The summed E-state index contributed by atoms with van der Waals surface area (Å²) in [4.78, 5) is 90.2. The number of aromatic nitrogens is 1. The Bertz CT molecular complexity index is 1710. The molecule has 0 aliphatic heterocycles. The van der Waals surface area contributed by atoms with Crippen molar-refractivity contribution in [1.29, 1.82) is 0 Å². The number of aliphatic carboxylic acids is 2. The Kier molecular flexibility index (Phi) is 13.8. The number of fused-ring (bicyclic) bond motifs is 1. The number of amides is 5. The number of nitrogens with two attached hydrogens (primary N) is 2. The Hall–Kier alpha value is -5.97. The second-order valence-electron chi connectivity index (χ2n) is 11.7. The number of rotatable bonds is 19. The van der Waals surface area contributed by atoms with Crippen LogP contribution in [0.1, 0.15) is 43.7 Å². The van der Waals surface area contributed by atoms with Gasteiger partial charge in [-0.1, -0.05) is 30.3 Å². The lowest BCUT2D eigenvalue weighted by Gasteiger charge is -2.25. The molecule has 17 nitrogen and oxygen atoms in total. The van der Waals surface area contributed by atoms with Crippen LogP contribution < -0.4 is 32.7 Å². The van der Waals surface area contributed by atoms with Crippen LogP contribution in [0.2, 0.25) is 0 Å². The number of primary amides is 1. The summed E-state index contributed by atoms with van der Waals surface area (Å²) in [5, 5.41) is 38.8. The number of phenols is 1. The van der Waals surface area contributed by atoms with E-state index in [1.54, 1.807) is 24.4 Å². The minimum atomic E-state index is -1.46. The highest BCUT2D eigenvalue weighted by molar-refractivity contribution is 5.96. The van der Waals surface area contributed by atoms with Crippen molar-refractivity contribution >= 4 is 52.4 Å². The quantitative estimate of drug-likeness (QED) is 0.0737. The highest BCUT2D eigenvalue weighted by atomic mass is 16.4. The molecule has 0 saturated heterocycles. The van der Waals surface area contributed by atoms with Crippen LogP contribution in [0.4, 0.5) is 0 Å². The Balaban J connectivity index is 1.86. The van der Waals surface area contributed by atoms with E-state index in [2.05, 4.69) is 26.3 Å². The van der Waals surface area contributed by atoms with Gasteiger partial charge in [0.2, 0.25) is 29.5 Å². The number of hydrogen-bond acceptors (Lipinski definition) is 9. The topological polar surface area (TPSA) is 296 Å². The number of carboxylic acid groups (broad SMARTS) is 2. The van der Waals surface area contributed by atoms with Crippen molar-refractivity contribution < 1.29 is 48.9 Å². The lowest BCUT2D eigenvalue weighted by Crippen LogP contribution is -2.58. The molecule has 0 radical (unpaired) electrons. The summed E-state index contributed by atoms with van der Waals surface area (Å²) >= 11 is 0. The number of carboxylic acids is 2. The van der Waals surface area contributed by atoms with Crippen LogP contribution in [0.25, 0.3) is 10.9 Å². The largest absolute Gasteiger partial charge is 0.508 e. The van der Waals surface area contributed by atoms with Gasteiger partial charge in [-0.05, 0) is 49.1 Å². The minimum absolute atomic E-state index is 0.0364. The zero-order valence-electron chi connectivity index (χ0n) is 27.2. The van der Waals surface area contributed by atoms with Gasteiger partial charge < -0.3 is 53.0 Å². The maximum atomic E-state index is 13.8. The Morgan fingerprint density at radius 1 is 0.740 bits per heavy atom. The number of para-hydroxylation sites is 1. The number of nitrogens with one attached hydrogen (secondary N) is 5. The maximum absolute atomic E-state index is 13.8. The molecule has 50 heavy (non-hydrogen) atoms. The summed E-state index contributed by atoms with van der Waals surface area (Å²) in [6.45, 7) is 1.30. The van der Waals surface area contributed by atoms with Crippen LogP contribution in [0.15, 0.2) is 54.7 Å². The van der Waals surface area contributed by atoms with E-state index in [1.807, 2.05) is 6.07 Å². The lowest BCUT2D eigenvalue weighted by atomic mass is 10.0. The number of H-pyrrole nitrogens is 1. The van der Waals surface area contributed by atoms with E-state index in [0.717, 1.165) is 10.9 Å². The number of carbonyl (C=O) groups is 7. The molecule has 0 spiro atoms. The number of phenolic OH excluding ortho intramolecular Hbond substituents is 1. The SMILES string of the molecule is C[C@H](NC(=O)[C@H](Cc1c[nH]c2ccccc12)NC(=O)[C@H](Cc1ccc(O)cc1)NC(=O)[C@@H](N)CCC(=O)O)C(=O)N[C@@H](CCC(N)=O)C(=O)O. The zero-order valence-corrected chi connectivity index (χ0v) is 27.2. The second-order valence-corrected chi connectivity index (χ2v) is 11.7. The average Bonchev–Trinajstić information content (AvgIpc) is 3.47. The molecule has 5 atom stereocenters. The van der Waals surface area contributed by atoms with Crippen molar-refractivity contribution in [2.75, 3.05) is 0 Å². The van der Waals surface area contributed by atoms with Gasteiger partial charge in [0.15, 0.2) is 0 Å². The molecule has 1 aromatic heterocycles. The smallest absolute Gasteiger partial charge is 0.326 e. The highest BCUT2D eigenvalue weighted by Crippen LogP contribution is 2.20. The normalized spacial score (nSPS) is 14.0. The van der Waals surface area contributed by atoms with Crippen LogP contribution in [0, 0.1) is 0 Å². The number of aromatic hydroxyl groups is 1. The van der Waals surface area contributed by atoms with E-state index in [0.29, 0.717) is 11.1 Å². The Labute approximate surface area is 286 Å². The van der Waals surface area contributed by atoms with Gasteiger partial charge in [-0.2, -0.15) is 0 Å². The summed E-state index contributed by atoms with van der Waals surface area (Å²) in [5.74, 6) is -6.68. The van der Waals surface area contributed by atoms with Gasteiger partial charge in [0.05, 0.1) is 6.04 Å². The van der Waals surface area contributed by atoms with Gasteiger partial charge in [-0.25, -0.2) is 4.79 Å². The molecule has 5 amide bonds. The first-order chi connectivity index (χ1) is 23.6. The minimum Gasteiger partial charge on any atom is -0.508 e. The number of benzene rings is 2. The molecular formula is C33H41N7O10. The van der Waals surface area contributed by atoms with Crippen LogP contribution in [0.3, 0.4) is 0 Å². The Morgan fingerprint density at radius 2 is 1.34 bits per heavy atom. The summed E-state index contributed by atoms with van der Waals surface area (Å²) in [7, 11) is 0. The van der Waals surface area contributed by atoms with Crippen molar-refractivity contribution in [3.8, 4) is 5.75 Å². The Morgan fingerprint density at radius 3 is 1.98 bits per heavy atom. The molecule has 0 aliphatic carbocycles. The third-order valence-corrected chi connectivity index (χ3v) is 7.79. The van der Waals surface area contributed by atoms with Crippen molar-refractivity contribution in [1.82, 2.24) is 26.3 Å². The van der Waals surface area contributed by atoms with E-state index < -0.39 is 71.7 Å². The molecule has 0 aliphatic rings. The van der Waals surface area contributed by atoms with Gasteiger partial charge >= 0.3 is 11.9 Å². The van der Waals surface area contributed by atoms with Gasteiger partial charge in [0.25, 0.3) is 0 Å². The molecule has 0 fully saturated rings. The summed E-state index contributed by atoms with van der Waals surface area (Å²) in [5.41, 5.74) is 12.9. The first kappa shape index (κ1) is 38.5. The van der Waals surface area contributed by atoms with E-state index in [1.165, 1.54) is 31.2 Å². The van der Waals surface area contributed by atoms with Crippen molar-refractivity contribution in [3.63, 3.8) is 0 Å². The predicted octanol–water partition coefficient (Wildman–Crippen LogP) is -0.840. The monoisotopic (exact) mass is 695 g/mol. The number of aromatic amines is 1. The van der Waals surface area contributed by atoms with E-state index in [4.69, 9.17) is 16.6 Å². The van der Waals surface area contributed by atoms with E-state index in [9.17, 15) is 43.8 Å². The average molecular weight is 696 g/mol. The fraction of sp³-hybridized carbons (Fsp3) is 0.364. The van der Waals surface area contributed by atoms with Gasteiger partial charge in [-0.15, -0.1) is 0 Å². The van der Waals surface area contributed by atoms with Crippen LogP contribution in [-0.4, -0.2) is 92.0 Å². The van der Waals surface area contributed by atoms with E-state index in [-0.39, 0.29) is 44.3 Å². The van der Waals surface area contributed by atoms with Crippen molar-refractivity contribution in [3.05, 3.63) is 65.9 Å². The molecular weight excluding hydrogens is 654 g/mol. The number of hydrogen-bond donors (Lipinski definition) is 10. The second kappa shape index (κ2) is 18.0. The predicted molar refractivity (Wildman–Crippen MR) is 178 cm³/mol. The first-order valence-corrected chi connectivity index (χ1v) is 15.7. The summed E-state index contributed by atoms with van der Waals surface area (Å²) in [6, 6.07) is 6.36. The fourth-order valence-corrected chi connectivity index (χ4v) is 4.99. The third kappa shape index (κ3) is 11.6. The highest BCUT2D eigenvalue weighted by Gasteiger charge is 2.31. The molecule has 0 bridgehead atoms. The summed E-state index contributed by atoms with van der Waals surface area (Å²) < 4.78 is 0. The molecule has 17 heteroatoms. The standard InChI is InChI=1S/C33H41N7O10/c1-17(29(45)38-24(33(49)50)11-12-27(35)42)37-31(47)26(15-19-16-36-23-5-3-2-4-21(19)23)40-32(48)25(14-18-6-8-20(41)9-7-18)39-30(46)22(34)10-13-28(43)44/h2-9,16-17,22,24-26,36,41H,10-15,34H2,1H3,(H2,35,42)(H,37,47)(H,38,45)(H,39,46)(H,40,48)(H,43,44)(H,49,50)/t17-,22-,24-,25-,26-/m0/s1. The van der Waals surface area contributed by atoms with Crippen LogP contribution in [-0.2, 0) is 46.4 Å². The molecule has 1 heterocycles. The first-order valence-electron chi connectivity index (χ1n) is 15.7. The number of carbonyl (C=O) groups excluding carboxylic acids is 5. The molecule has 0 saturated carbocycles. The van der Waals surface area contributed by atoms with Gasteiger partial charge in [0.1, 0.15) is 29.9 Å².